The number of carbonyl (C=O) groups excluding carboxylic acids is 1. The predicted octanol–water partition coefficient (Wildman–Crippen LogP) is 4.64. The topological polar surface area (TPSA) is 67.2 Å². The second-order valence-corrected chi connectivity index (χ2v) is 10.3. The van der Waals surface area contributed by atoms with Crippen molar-refractivity contribution in [3.05, 3.63) is 47.8 Å². The number of amides is 1. The van der Waals surface area contributed by atoms with Gasteiger partial charge in [-0.2, -0.15) is 23.4 Å². The van der Waals surface area contributed by atoms with Crippen LogP contribution in [0, 0.1) is 5.92 Å². The normalized spacial score (nSPS) is 18.7. The Morgan fingerprint density at radius 2 is 1.81 bits per heavy atom. The Hall–Kier alpha value is -2.66. The van der Waals surface area contributed by atoms with E-state index in [2.05, 4.69) is 24.6 Å². The highest BCUT2D eigenvalue weighted by Gasteiger charge is 2.34. The number of benzene rings is 1. The molecule has 0 unspecified atom stereocenters. The van der Waals surface area contributed by atoms with Gasteiger partial charge in [-0.1, -0.05) is 11.8 Å². The SMILES string of the molecule is CSc1nc2cc(C(F)(F)F)ccc2n1C1CCN(C(=O)C2CCN(Cc3ccnnc3)CC2)CC1. The number of piperidine rings is 2. The van der Waals surface area contributed by atoms with Crippen molar-refractivity contribution < 1.29 is 18.0 Å². The van der Waals surface area contributed by atoms with Gasteiger partial charge < -0.3 is 9.47 Å². The number of rotatable bonds is 5. The van der Waals surface area contributed by atoms with Crippen molar-refractivity contribution in [2.24, 2.45) is 5.92 Å². The average Bonchev–Trinajstić information content (AvgIpc) is 3.27. The van der Waals surface area contributed by atoms with Crippen LogP contribution in [0.2, 0.25) is 0 Å². The van der Waals surface area contributed by atoms with Gasteiger partial charge in [-0.25, -0.2) is 4.98 Å². The van der Waals surface area contributed by atoms with Crippen LogP contribution in [0.15, 0.2) is 41.8 Å². The first kappa shape index (κ1) is 25.0. The molecule has 0 spiro atoms. The molecule has 2 saturated heterocycles. The number of carbonyl (C=O) groups is 1. The number of alkyl halides is 3. The van der Waals surface area contributed by atoms with Crippen molar-refractivity contribution in [3.63, 3.8) is 0 Å². The Balaban J connectivity index is 1.19. The van der Waals surface area contributed by atoms with E-state index in [1.54, 1.807) is 12.4 Å². The summed E-state index contributed by atoms with van der Waals surface area (Å²) in [6, 6.07) is 5.85. The zero-order valence-electron chi connectivity index (χ0n) is 20.1. The molecule has 0 aliphatic carbocycles. The molecular formula is C25H29F3N6OS. The third-order valence-corrected chi connectivity index (χ3v) is 7.95. The van der Waals surface area contributed by atoms with Crippen molar-refractivity contribution in [1.29, 1.82) is 0 Å². The maximum Gasteiger partial charge on any atom is 0.416 e. The lowest BCUT2D eigenvalue weighted by molar-refractivity contribution is -0.138. The van der Waals surface area contributed by atoms with Gasteiger partial charge in [0.25, 0.3) is 0 Å². The van der Waals surface area contributed by atoms with E-state index < -0.39 is 11.7 Å². The van der Waals surface area contributed by atoms with Gasteiger partial charge in [-0.3, -0.25) is 9.69 Å². The maximum atomic E-state index is 13.2. The van der Waals surface area contributed by atoms with Gasteiger partial charge in [0.15, 0.2) is 5.16 Å². The molecule has 0 atom stereocenters. The van der Waals surface area contributed by atoms with Crippen LogP contribution in [0.3, 0.4) is 0 Å². The van der Waals surface area contributed by atoms with E-state index in [1.165, 1.54) is 17.8 Å². The zero-order valence-corrected chi connectivity index (χ0v) is 20.9. The summed E-state index contributed by atoms with van der Waals surface area (Å²) in [5.41, 5.74) is 1.52. The molecule has 4 heterocycles. The molecule has 5 rings (SSSR count). The van der Waals surface area contributed by atoms with Gasteiger partial charge in [-0.15, -0.1) is 0 Å². The average molecular weight is 519 g/mol. The van der Waals surface area contributed by atoms with Crippen molar-refractivity contribution in [2.75, 3.05) is 32.4 Å². The first-order valence-corrected chi connectivity index (χ1v) is 13.5. The molecule has 36 heavy (non-hydrogen) atoms. The van der Waals surface area contributed by atoms with Crippen LogP contribution in [0.1, 0.15) is 42.9 Å². The highest BCUT2D eigenvalue weighted by atomic mass is 32.2. The molecule has 11 heteroatoms. The molecule has 0 bridgehead atoms. The second kappa shape index (κ2) is 10.4. The standard InChI is InChI=1S/C25H29F3N6OS/c1-36-24-31-21-14-19(25(26,27)28)2-3-22(21)34(24)20-7-12-33(13-8-20)23(35)18-5-10-32(11-6-18)16-17-4-9-29-30-15-17/h2-4,9,14-15,18,20H,5-8,10-13,16H2,1H3. The number of thioether (sulfide) groups is 1. The Labute approximate surface area is 212 Å². The minimum absolute atomic E-state index is 0.0463. The van der Waals surface area contributed by atoms with E-state index in [0.717, 1.165) is 63.0 Å². The molecule has 7 nitrogen and oxygen atoms in total. The molecule has 0 radical (unpaired) electrons. The van der Waals surface area contributed by atoms with Crippen molar-refractivity contribution >= 4 is 28.7 Å². The van der Waals surface area contributed by atoms with E-state index in [4.69, 9.17) is 0 Å². The second-order valence-electron chi connectivity index (χ2n) is 9.53. The number of hydrogen-bond donors (Lipinski definition) is 0. The van der Waals surface area contributed by atoms with Crippen LogP contribution in [0.25, 0.3) is 11.0 Å². The minimum atomic E-state index is -4.39. The number of halogens is 3. The summed E-state index contributed by atoms with van der Waals surface area (Å²) >= 11 is 1.44. The summed E-state index contributed by atoms with van der Waals surface area (Å²) in [6.45, 7) is 3.89. The summed E-state index contributed by atoms with van der Waals surface area (Å²) in [4.78, 5) is 22.0. The Morgan fingerprint density at radius 3 is 2.44 bits per heavy atom. The van der Waals surface area contributed by atoms with Crippen LogP contribution in [0.4, 0.5) is 13.2 Å². The third kappa shape index (κ3) is 5.22. The van der Waals surface area contributed by atoms with Crippen LogP contribution >= 0.6 is 11.8 Å². The number of nitrogens with zero attached hydrogens (tertiary/aromatic N) is 6. The zero-order chi connectivity index (χ0) is 25.3. The number of likely N-dealkylation sites (tertiary alicyclic amines) is 2. The molecule has 2 fully saturated rings. The van der Waals surface area contributed by atoms with E-state index in [1.807, 2.05) is 17.2 Å². The van der Waals surface area contributed by atoms with Crippen LogP contribution in [-0.2, 0) is 17.5 Å². The molecule has 0 saturated carbocycles. The summed E-state index contributed by atoms with van der Waals surface area (Å²) in [5.74, 6) is 0.277. The lowest BCUT2D eigenvalue weighted by Crippen LogP contribution is -2.45. The fourth-order valence-electron chi connectivity index (χ4n) is 5.36. The molecule has 3 aromatic rings. The Bertz CT molecular complexity index is 1200. The number of fused-ring (bicyclic) bond motifs is 1. The molecule has 1 amide bonds. The number of imidazole rings is 1. The van der Waals surface area contributed by atoms with Crippen LogP contribution < -0.4 is 0 Å². The van der Waals surface area contributed by atoms with Gasteiger partial charge in [0.1, 0.15) is 0 Å². The molecule has 1 aromatic carbocycles. The summed E-state index contributed by atoms with van der Waals surface area (Å²) in [7, 11) is 0. The van der Waals surface area contributed by atoms with Crippen molar-refractivity contribution in [2.45, 2.75) is 49.6 Å². The lowest BCUT2D eigenvalue weighted by atomic mass is 9.93. The maximum absolute atomic E-state index is 13.2. The van der Waals surface area contributed by atoms with E-state index in [-0.39, 0.29) is 17.9 Å². The summed E-state index contributed by atoms with van der Waals surface area (Å²) < 4.78 is 41.6. The lowest BCUT2D eigenvalue weighted by Gasteiger charge is -2.38. The fraction of sp³-hybridized carbons (Fsp3) is 0.520. The van der Waals surface area contributed by atoms with Gasteiger partial charge >= 0.3 is 6.18 Å². The minimum Gasteiger partial charge on any atom is -0.342 e. The molecule has 2 aromatic heterocycles. The quantitative estimate of drug-likeness (QED) is 0.459. The molecule has 2 aliphatic rings. The van der Waals surface area contributed by atoms with E-state index >= 15 is 0 Å². The highest BCUT2D eigenvalue weighted by Crippen LogP contribution is 2.36. The van der Waals surface area contributed by atoms with Crippen LogP contribution in [0.5, 0.6) is 0 Å². The molecule has 0 N–H and O–H groups in total. The van der Waals surface area contributed by atoms with Crippen molar-refractivity contribution in [3.8, 4) is 0 Å². The van der Waals surface area contributed by atoms with Gasteiger partial charge in [0.05, 0.1) is 22.8 Å². The van der Waals surface area contributed by atoms with Gasteiger partial charge in [0.2, 0.25) is 5.91 Å². The predicted molar refractivity (Wildman–Crippen MR) is 131 cm³/mol. The summed E-state index contributed by atoms with van der Waals surface area (Å²) in [5, 5.41) is 8.46. The van der Waals surface area contributed by atoms with Crippen molar-refractivity contribution in [1.82, 2.24) is 29.5 Å². The Morgan fingerprint density at radius 1 is 1.06 bits per heavy atom. The van der Waals surface area contributed by atoms with Crippen LogP contribution in [-0.4, -0.2) is 67.9 Å². The smallest absolute Gasteiger partial charge is 0.342 e. The Kier molecular flexibility index (Phi) is 7.21. The van der Waals surface area contributed by atoms with E-state index in [0.29, 0.717) is 29.3 Å². The van der Waals surface area contributed by atoms with Gasteiger partial charge in [0, 0.05) is 37.8 Å². The number of aromatic nitrogens is 4. The first-order valence-electron chi connectivity index (χ1n) is 12.2. The molecule has 192 valence electrons. The third-order valence-electron chi connectivity index (χ3n) is 7.30. The monoisotopic (exact) mass is 518 g/mol. The number of hydrogen-bond acceptors (Lipinski definition) is 6. The molecular weight excluding hydrogens is 489 g/mol. The highest BCUT2D eigenvalue weighted by molar-refractivity contribution is 7.98. The van der Waals surface area contributed by atoms with E-state index in [9.17, 15) is 18.0 Å². The van der Waals surface area contributed by atoms with Gasteiger partial charge in [-0.05, 0) is 74.9 Å². The largest absolute Gasteiger partial charge is 0.416 e. The first-order chi connectivity index (χ1) is 17.3. The fourth-order valence-corrected chi connectivity index (χ4v) is 5.99. The summed E-state index contributed by atoms with van der Waals surface area (Å²) in [6.07, 6.45) is 4.20. The molecule has 2 aliphatic heterocycles.